The number of hydrogen-bond donors (Lipinski definition) is 1. The first-order valence-corrected chi connectivity index (χ1v) is 5.83. The molecule has 1 aromatic heterocycles. The summed E-state index contributed by atoms with van der Waals surface area (Å²) in [4.78, 5) is 5.88. The van der Waals surface area contributed by atoms with Gasteiger partial charge < -0.3 is 10.2 Å². The van der Waals surface area contributed by atoms with Crippen molar-refractivity contribution in [1.29, 1.82) is 5.26 Å². The molecule has 0 spiro atoms. The monoisotopic (exact) mass is 232 g/mol. The zero-order valence-electron chi connectivity index (χ0n) is 9.36. The van der Waals surface area contributed by atoms with Crippen LogP contribution in [0.2, 0.25) is 0 Å². The van der Waals surface area contributed by atoms with Crippen LogP contribution in [-0.4, -0.2) is 30.2 Å². The summed E-state index contributed by atoms with van der Waals surface area (Å²) >= 11 is 0. The number of nitrogens with one attached hydrogen (secondary N) is 1. The minimum atomic E-state index is -0.685. The van der Waals surface area contributed by atoms with Gasteiger partial charge in [-0.2, -0.15) is 9.65 Å². The molecular formula is C12H13FN4. The van der Waals surface area contributed by atoms with E-state index in [1.165, 1.54) is 6.20 Å². The Morgan fingerprint density at radius 2 is 2.47 bits per heavy atom. The zero-order chi connectivity index (χ0) is 11.8. The third kappa shape index (κ3) is 1.75. The molecule has 2 aliphatic heterocycles. The number of piperidine rings is 1. The normalized spacial score (nSPS) is 26.9. The first-order valence-electron chi connectivity index (χ1n) is 5.83. The summed E-state index contributed by atoms with van der Waals surface area (Å²) in [5, 5.41) is 12.3. The molecule has 2 fully saturated rings. The Morgan fingerprint density at radius 1 is 1.59 bits per heavy atom. The van der Waals surface area contributed by atoms with Crippen molar-refractivity contribution in [3.05, 3.63) is 23.8 Å². The van der Waals surface area contributed by atoms with Gasteiger partial charge in [0.1, 0.15) is 11.6 Å². The third-order valence-electron chi connectivity index (χ3n) is 3.63. The molecule has 3 heterocycles. The molecule has 2 aliphatic rings. The fraction of sp³-hybridized carbons (Fsp3) is 0.500. The van der Waals surface area contributed by atoms with Gasteiger partial charge in [-0.1, -0.05) is 0 Å². The molecule has 0 aromatic carbocycles. The van der Waals surface area contributed by atoms with Crippen LogP contribution in [0.25, 0.3) is 0 Å². The number of pyridine rings is 1. The number of aromatic nitrogens is 1. The van der Waals surface area contributed by atoms with Gasteiger partial charge in [-0.3, -0.25) is 0 Å². The van der Waals surface area contributed by atoms with Gasteiger partial charge in [0.25, 0.3) is 0 Å². The van der Waals surface area contributed by atoms with Crippen LogP contribution in [0.15, 0.2) is 12.3 Å². The number of fused-ring (bicyclic) bond motifs is 2. The van der Waals surface area contributed by atoms with Gasteiger partial charge in [0.05, 0.1) is 11.9 Å². The molecule has 5 heteroatoms. The summed E-state index contributed by atoms with van der Waals surface area (Å²) in [6.07, 6.45) is 3.74. The van der Waals surface area contributed by atoms with Crippen LogP contribution in [0, 0.1) is 17.3 Å². The maximum Gasteiger partial charge on any atom is 0.230 e. The van der Waals surface area contributed by atoms with Gasteiger partial charge in [0.15, 0.2) is 0 Å². The van der Waals surface area contributed by atoms with E-state index in [4.69, 9.17) is 5.26 Å². The Balaban J connectivity index is 1.91. The molecule has 17 heavy (non-hydrogen) atoms. The highest BCUT2D eigenvalue weighted by Gasteiger charge is 2.34. The molecule has 0 radical (unpaired) electrons. The molecule has 3 rings (SSSR count). The predicted octanol–water partition coefficient (Wildman–Crippen LogP) is 1.03. The fourth-order valence-electron chi connectivity index (χ4n) is 2.75. The lowest BCUT2D eigenvalue weighted by Crippen LogP contribution is -2.40. The smallest absolute Gasteiger partial charge is 0.230 e. The molecule has 1 N–H and O–H groups in total. The lowest BCUT2D eigenvalue weighted by Gasteiger charge is -2.34. The Morgan fingerprint density at radius 3 is 3.29 bits per heavy atom. The maximum absolute atomic E-state index is 13.2. The van der Waals surface area contributed by atoms with Gasteiger partial charge in [-0.05, 0) is 18.9 Å². The first kappa shape index (κ1) is 10.5. The van der Waals surface area contributed by atoms with E-state index < -0.39 is 5.95 Å². The summed E-state index contributed by atoms with van der Waals surface area (Å²) in [5.41, 5.74) is 0.880. The second-order valence-electron chi connectivity index (χ2n) is 4.62. The molecule has 0 amide bonds. The maximum atomic E-state index is 13.2. The topological polar surface area (TPSA) is 52.0 Å². The molecule has 1 aromatic rings. The fourth-order valence-corrected chi connectivity index (χ4v) is 2.75. The molecular weight excluding hydrogens is 219 g/mol. The number of nitriles is 1. The molecule has 2 saturated heterocycles. The van der Waals surface area contributed by atoms with E-state index in [-0.39, 0.29) is 5.56 Å². The van der Waals surface area contributed by atoms with E-state index in [1.54, 1.807) is 6.07 Å². The van der Waals surface area contributed by atoms with Gasteiger partial charge in [0, 0.05) is 25.2 Å². The zero-order valence-corrected chi connectivity index (χ0v) is 9.36. The van der Waals surface area contributed by atoms with E-state index >= 15 is 0 Å². The molecule has 2 atom stereocenters. The SMILES string of the molecule is N#Cc1cc(N2CC[C@H]3C[C@@H]2CN3)cnc1F. The summed E-state index contributed by atoms with van der Waals surface area (Å²) < 4.78 is 13.2. The Kier molecular flexibility index (Phi) is 2.45. The standard InChI is InChI=1S/C12H13FN4/c13-12-8(5-14)3-10(7-16-12)17-2-1-9-4-11(17)6-15-9/h3,7,9,11,15H,1-2,4,6H2/t9-,11+/m0/s1. The second kappa shape index (κ2) is 3.97. The van der Waals surface area contributed by atoms with Crippen LogP contribution >= 0.6 is 0 Å². The average molecular weight is 232 g/mol. The summed E-state index contributed by atoms with van der Waals surface area (Å²) in [7, 11) is 0. The number of halogens is 1. The molecule has 88 valence electrons. The summed E-state index contributed by atoms with van der Waals surface area (Å²) in [5.74, 6) is -0.685. The van der Waals surface area contributed by atoms with Crippen LogP contribution in [0.1, 0.15) is 18.4 Å². The van der Waals surface area contributed by atoms with Gasteiger partial charge in [-0.15, -0.1) is 0 Å². The van der Waals surface area contributed by atoms with Crippen molar-refractivity contribution in [2.24, 2.45) is 0 Å². The van der Waals surface area contributed by atoms with E-state index in [9.17, 15) is 4.39 Å². The highest BCUT2D eigenvalue weighted by atomic mass is 19.1. The molecule has 2 bridgehead atoms. The Labute approximate surface area is 99.1 Å². The van der Waals surface area contributed by atoms with Crippen LogP contribution < -0.4 is 10.2 Å². The van der Waals surface area contributed by atoms with Crippen molar-refractivity contribution >= 4 is 5.69 Å². The number of hydrogen-bond acceptors (Lipinski definition) is 4. The lowest BCUT2D eigenvalue weighted by molar-refractivity contribution is 0.489. The number of nitrogens with zero attached hydrogens (tertiary/aromatic N) is 3. The lowest BCUT2D eigenvalue weighted by atomic mass is 10.0. The number of anilines is 1. The average Bonchev–Trinajstić information content (AvgIpc) is 2.73. The van der Waals surface area contributed by atoms with E-state index in [1.807, 2.05) is 6.07 Å². The van der Waals surface area contributed by atoms with Crippen molar-refractivity contribution in [3.63, 3.8) is 0 Å². The summed E-state index contributed by atoms with van der Waals surface area (Å²) in [6, 6.07) is 4.51. The van der Waals surface area contributed by atoms with Gasteiger partial charge in [0.2, 0.25) is 5.95 Å². The van der Waals surface area contributed by atoms with Crippen molar-refractivity contribution < 1.29 is 4.39 Å². The van der Waals surface area contributed by atoms with Crippen molar-refractivity contribution in [2.45, 2.75) is 24.9 Å². The quantitative estimate of drug-likeness (QED) is 0.735. The van der Waals surface area contributed by atoms with Crippen molar-refractivity contribution in [3.8, 4) is 6.07 Å². The highest BCUT2D eigenvalue weighted by molar-refractivity contribution is 5.51. The predicted molar refractivity (Wildman–Crippen MR) is 61.1 cm³/mol. The van der Waals surface area contributed by atoms with Gasteiger partial charge >= 0.3 is 0 Å². The second-order valence-corrected chi connectivity index (χ2v) is 4.62. The minimum Gasteiger partial charge on any atom is -0.366 e. The van der Waals surface area contributed by atoms with Crippen molar-refractivity contribution in [1.82, 2.24) is 10.3 Å². The molecule has 4 nitrogen and oxygen atoms in total. The van der Waals surface area contributed by atoms with Crippen molar-refractivity contribution in [2.75, 3.05) is 18.0 Å². The largest absolute Gasteiger partial charge is 0.366 e. The van der Waals surface area contributed by atoms with Crippen LogP contribution in [-0.2, 0) is 0 Å². The van der Waals surface area contributed by atoms with Crippen LogP contribution in [0.5, 0.6) is 0 Å². The van der Waals surface area contributed by atoms with Crippen LogP contribution in [0.3, 0.4) is 0 Å². The Bertz CT molecular complexity index is 482. The minimum absolute atomic E-state index is 0.0237. The third-order valence-corrected chi connectivity index (χ3v) is 3.63. The molecule has 0 saturated carbocycles. The van der Waals surface area contributed by atoms with E-state index in [0.717, 1.165) is 31.6 Å². The van der Waals surface area contributed by atoms with E-state index in [0.29, 0.717) is 12.1 Å². The van der Waals surface area contributed by atoms with E-state index in [2.05, 4.69) is 15.2 Å². The summed E-state index contributed by atoms with van der Waals surface area (Å²) in [6.45, 7) is 1.91. The first-order chi connectivity index (χ1) is 8.28. The van der Waals surface area contributed by atoms with Crippen LogP contribution in [0.4, 0.5) is 10.1 Å². The molecule has 0 unspecified atom stereocenters. The number of rotatable bonds is 1. The Hall–Kier alpha value is -1.67. The highest BCUT2D eigenvalue weighted by Crippen LogP contribution is 2.28. The van der Waals surface area contributed by atoms with Gasteiger partial charge in [-0.25, -0.2) is 4.98 Å². The molecule has 0 aliphatic carbocycles.